The fourth-order valence-electron chi connectivity index (χ4n) is 2.19. The van der Waals surface area contributed by atoms with E-state index in [2.05, 4.69) is 5.32 Å². The molecule has 0 aliphatic heterocycles. The number of ether oxygens (including phenoxy) is 3. The molecule has 0 saturated heterocycles. The second-order valence-electron chi connectivity index (χ2n) is 5.65. The number of hydrogen-bond acceptors (Lipinski definition) is 5. The van der Waals surface area contributed by atoms with Crippen LogP contribution in [0.3, 0.4) is 0 Å². The largest absolute Gasteiger partial charge is 0.489 e. The molecule has 0 aliphatic rings. The van der Waals surface area contributed by atoms with Crippen LogP contribution in [0.25, 0.3) is 0 Å². The molecule has 6 nitrogen and oxygen atoms in total. The number of anilines is 1. The molecule has 1 N–H and O–H groups in total. The van der Waals surface area contributed by atoms with Crippen molar-refractivity contribution in [1.82, 2.24) is 0 Å². The number of carbonyl (C=O) groups is 2. The fourth-order valence-corrected chi connectivity index (χ4v) is 2.19. The molecule has 0 fully saturated rings. The minimum atomic E-state index is -4.64. The quantitative estimate of drug-likeness (QED) is 0.405. The van der Waals surface area contributed by atoms with Gasteiger partial charge < -0.3 is 19.5 Å². The summed E-state index contributed by atoms with van der Waals surface area (Å²) in [6.07, 6.45) is -4.64. The van der Waals surface area contributed by atoms with Gasteiger partial charge in [-0.15, -0.1) is 0 Å². The van der Waals surface area contributed by atoms with Crippen LogP contribution in [0.5, 0.6) is 5.75 Å². The molecule has 1 amide bonds. The normalized spacial score (nSPS) is 11.1. The van der Waals surface area contributed by atoms with Crippen LogP contribution in [0.4, 0.5) is 23.2 Å². The molecule has 0 aliphatic carbocycles. The highest BCUT2D eigenvalue weighted by molar-refractivity contribution is 5.96. The maximum absolute atomic E-state index is 13.5. The lowest BCUT2D eigenvalue weighted by molar-refractivity contribution is -0.137. The number of esters is 1. The Labute approximate surface area is 163 Å². The van der Waals surface area contributed by atoms with E-state index in [1.807, 2.05) is 0 Å². The molecule has 10 heteroatoms. The first-order valence-electron chi connectivity index (χ1n) is 8.27. The summed E-state index contributed by atoms with van der Waals surface area (Å²) in [5.41, 5.74) is -1.64. The van der Waals surface area contributed by atoms with Gasteiger partial charge in [-0.3, -0.25) is 4.79 Å². The maximum Gasteiger partial charge on any atom is 0.416 e. The third-order valence-electron chi connectivity index (χ3n) is 3.55. The van der Waals surface area contributed by atoms with Crippen LogP contribution in [-0.4, -0.2) is 38.8 Å². The van der Waals surface area contributed by atoms with Gasteiger partial charge in [-0.05, 0) is 30.3 Å². The standard InChI is InChI=1S/C19H17F4NO5/c1-27-8-9-28-16-7-6-12(19(21,22)23)10-15(16)24-17(25)11-29-18(26)13-4-2-3-5-14(13)20/h2-7,10H,8-9,11H2,1H3,(H,24,25). The number of alkyl halides is 3. The topological polar surface area (TPSA) is 73.9 Å². The molecule has 29 heavy (non-hydrogen) atoms. The summed E-state index contributed by atoms with van der Waals surface area (Å²) in [4.78, 5) is 23.9. The summed E-state index contributed by atoms with van der Waals surface area (Å²) < 4.78 is 67.2. The lowest BCUT2D eigenvalue weighted by Crippen LogP contribution is -2.22. The van der Waals surface area contributed by atoms with E-state index < -0.39 is 36.0 Å². The second kappa shape index (κ2) is 9.87. The minimum Gasteiger partial charge on any atom is -0.489 e. The van der Waals surface area contributed by atoms with Crippen LogP contribution in [0.1, 0.15) is 15.9 Å². The molecule has 0 bridgehead atoms. The smallest absolute Gasteiger partial charge is 0.416 e. The SMILES string of the molecule is COCCOc1ccc(C(F)(F)F)cc1NC(=O)COC(=O)c1ccccc1F. The van der Waals surface area contributed by atoms with Gasteiger partial charge >= 0.3 is 12.1 Å². The Morgan fingerprint density at radius 3 is 2.45 bits per heavy atom. The first-order chi connectivity index (χ1) is 13.7. The Morgan fingerprint density at radius 2 is 1.79 bits per heavy atom. The summed E-state index contributed by atoms with van der Waals surface area (Å²) in [5.74, 6) is -2.86. The Hall–Kier alpha value is -3.14. The zero-order valence-corrected chi connectivity index (χ0v) is 15.2. The molecule has 0 spiro atoms. The lowest BCUT2D eigenvalue weighted by atomic mass is 10.1. The molecule has 2 aromatic rings. The van der Waals surface area contributed by atoms with E-state index in [4.69, 9.17) is 14.2 Å². The number of hydrogen-bond donors (Lipinski definition) is 1. The van der Waals surface area contributed by atoms with Crippen molar-refractivity contribution in [3.05, 3.63) is 59.4 Å². The van der Waals surface area contributed by atoms with Crippen LogP contribution in [0.2, 0.25) is 0 Å². The van der Waals surface area contributed by atoms with E-state index in [0.717, 1.165) is 18.2 Å². The number of nitrogens with one attached hydrogen (secondary N) is 1. The van der Waals surface area contributed by atoms with Crippen molar-refractivity contribution in [3.8, 4) is 5.75 Å². The van der Waals surface area contributed by atoms with Gasteiger partial charge in [0, 0.05) is 7.11 Å². The molecule has 2 aromatic carbocycles. The van der Waals surface area contributed by atoms with E-state index >= 15 is 0 Å². The van der Waals surface area contributed by atoms with Crippen LogP contribution in [-0.2, 0) is 20.4 Å². The minimum absolute atomic E-state index is 0.0242. The van der Waals surface area contributed by atoms with Gasteiger partial charge in [-0.25, -0.2) is 9.18 Å². The van der Waals surface area contributed by atoms with Crippen LogP contribution in [0.15, 0.2) is 42.5 Å². The highest BCUT2D eigenvalue weighted by Gasteiger charge is 2.31. The molecule has 2 rings (SSSR count). The van der Waals surface area contributed by atoms with Crippen LogP contribution in [0, 0.1) is 5.82 Å². The Morgan fingerprint density at radius 1 is 1.07 bits per heavy atom. The Balaban J connectivity index is 2.08. The van der Waals surface area contributed by atoms with Crippen molar-refractivity contribution in [2.45, 2.75) is 6.18 Å². The third kappa shape index (κ3) is 6.46. The second-order valence-corrected chi connectivity index (χ2v) is 5.65. The van der Waals surface area contributed by atoms with Crippen LogP contribution >= 0.6 is 0 Å². The Kier molecular flexibility index (Phi) is 7.54. The van der Waals surface area contributed by atoms with Gasteiger partial charge in [0.15, 0.2) is 6.61 Å². The van der Waals surface area contributed by atoms with Crippen molar-refractivity contribution in [2.75, 3.05) is 32.2 Å². The average molecular weight is 415 g/mol. The van der Waals surface area contributed by atoms with Gasteiger partial charge in [-0.2, -0.15) is 13.2 Å². The number of carbonyl (C=O) groups excluding carboxylic acids is 2. The first-order valence-corrected chi connectivity index (χ1v) is 8.27. The molecular weight excluding hydrogens is 398 g/mol. The van der Waals surface area contributed by atoms with E-state index in [1.165, 1.54) is 25.3 Å². The number of halogens is 4. The van der Waals surface area contributed by atoms with E-state index in [0.29, 0.717) is 6.07 Å². The summed E-state index contributed by atoms with van der Waals surface area (Å²) >= 11 is 0. The summed E-state index contributed by atoms with van der Waals surface area (Å²) in [6.45, 7) is -0.622. The summed E-state index contributed by atoms with van der Waals surface area (Å²) in [7, 11) is 1.42. The van der Waals surface area contributed by atoms with Gasteiger partial charge in [0.05, 0.1) is 23.4 Å². The summed E-state index contributed by atoms with van der Waals surface area (Å²) in [5, 5.41) is 2.20. The third-order valence-corrected chi connectivity index (χ3v) is 3.55. The fraction of sp³-hybridized carbons (Fsp3) is 0.263. The molecule has 0 unspecified atom stereocenters. The highest BCUT2D eigenvalue weighted by Crippen LogP contribution is 2.35. The van der Waals surface area contributed by atoms with Gasteiger partial charge in [0.1, 0.15) is 18.2 Å². The molecule has 0 saturated carbocycles. The van der Waals surface area contributed by atoms with Gasteiger partial charge in [0.2, 0.25) is 0 Å². The van der Waals surface area contributed by atoms with Crippen molar-refractivity contribution in [1.29, 1.82) is 0 Å². The first kappa shape index (κ1) is 22.2. The molecule has 0 heterocycles. The lowest BCUT2D eigenvalue weighted by Gasteiger charge is -2.15. The molecule has 156 valence electrons. The monoisotopic (exact) mass is 415 g/mol. The van der Waals surface area contributed by atoms with Crippen molar-refractivity contribution in [3.63, 3.8) is 0 Å². The van der Waals surface area contributed by atoms with Crippen LogP contribution < -0.4 is 10.1 Å². The van der Waals surface area contributed by atoms with Crippen molar-refractivity contribution < 1.29 is 41.4 Å². The van der Waals surface area contributed by atoms with E-state index in [-0.39, 0.29) is 30.2 Å². The number of rotatable bonds is 8. The maximum atomic E-state index is 13.5. The predicted molar refractivity (Wildman–Crippen MR) is 94.1 cm³/mol. The predicted octanol–water partition coefficient (Wildman–Crippen LogP) is 3.67. The Bertz CT molecular complexity index is 870. The zero-order valence-electron chi connectivity index (χ0n) is 15.2. The zero-order chi connectivity index (χ0) is 21.4. The average Bonchev–Trinajstić information content (AvgIpc) is 2.67. The molecular formula is C19H17F4NO5. The van der Waals surface area contributed by atoms with E-state index in [1.54, 1.807) is 0 Å². The number of benzene rings is 2. The highest BCUT2D eigenvalue weighted by atomic mass is 19.4. The molecule has 0 radical (unpaired) electrons. The summed E-state index contributed by atoms with van der Waals surface area (Å²) in [6, 6.07) is 7.55. The van der Waals surface area contributed by atoms with Crippen molar-refractivity contribution >= 4 is 17.6 Å². The number of amides is 1. The molecule has 0 atom stereocenters. The van der Waals surface area contributed by atoms with E-state index in [9.17, 15) is 27.2 Å². The van der Waals surface area contributed by atoms with Gasteiger partial charge in [-0.1, -0.05) is 12.1 Å². The molecule has 0 aromatic heterocycles. The van der Waals surface area contributed by atoms with Crippen molar-refractivity contribution in [2.24, 2.45) is 0 Å². The van der Waals surface area contributed by atoms with Gasteiger partial charge in [0.25, 0.3) is 5.91 Å². The number of methoxy groups -OCH3 is 1.